The van der Waals surface area contributed by atoms with Crippen LogP contribution >= 0.6 is 15.9 Å². The van der Waals surface area contributed by atoms with Crippen LogP contribution in [0, 0.1) is 11.8 Å². The molecule has 0 radical (unpaired) electrons. The molecule has 0 unspecified atom stereocenters. The van der Waals surface area contributed by atoms with Crippen LogP contribution in [0.15, 0.2) is 58.2 Å². The normalized spacial score (nSPS) is 14.6. The predicted molar refractivity (Wildman–Crippen MR) is 121 cm³/mol. The zero-order chi connectivity index (χ0) is 20.5. The Morgan fingerprint density at radius 3 is 2.67 bits per heavy atom. The molecule has 1 aliphatic rings. The lowest BCUT2D eigenvalue weighted by molar-refractivity contribution is 0.0849. The fourth-order valence-corrected chi connectivity index (χ4v) is 4.33. The molecule has 1 aliphatic heterocycles. The van der Waals surface area contributed by atoms with Crippen molar-refractivity contribution in [1.29, 1.82) is 0 Å². The Labute approximate surface area is 181 Å². The Morgan fingerprint density at radius 2 is 1.87 bits per heavy atom. The molecular formula is C24H18BrN3O2. The first-order chi connectivity index (χ1) is 14.7. The monoisotopic (exact) mass is 459 g/mol. The summed E-state index contributed by atoms with van der Waals surface area (Å²) in [7, 11) is 0. The molecule has 4 aromatic rings. The number of H-pyrrole nitrogens is 1. The van der Waals surface area contributed by atoms with Gasteiger partial charge in [0.1, 0.15) is 0 Å². The predicted octanol–water partition coefficient (Wildman–Crippen LogP) is 4.53. The van der Waals surface area contributed by atoms with Crippen LogP contribution in [0.25, 0.3) is 21.7 Å². The first-order valence-corrected chi connectivity index (χ1v) is 10.6. The highest BCUT2D eigenvalue weighted by Crippen LogP contribution is 2.35. The van der Waals surface area contributed by atoms with Gasteiger partial charge in [0.05, 0.1) is 22.2 Å². The first-order valence-electron chi connectivity index (χ1n) is 9.85. The highest BCUT2D eigenvalue weighted by atomic mass is 79.9. The number of aromatic nitrogens is 3. The van der Waals surface area contributed by atoms with Crippen molar-refractivity contribution in [3.8, 4) is 11.8 Å². The van der Waals surface area contributed by atoms with Crippen molar-refractivity contribution in [3.05, 3.63) is 80.6 Å². The van der Waals surface area contributed by atoms with E-state index in [0.717, 1.165) is 52.6 Å². The van der Waals surface area contributed by atoms with E-state index in [1.165, 1.54) is 0 Å². The molecular weight excluding hydrogens is 442 g/mol. The quantitative estimate of drug-likeness (QED) is 0.335. The van der Waals surface area contributed by atoms with Crippen LogP contribution in [-0.2, 0) is 4.74 Å². The Bertz CT molecular complexity index is 1360. The molecule has 5 rings (SSSR count). The van der Waals surface area contributed by atoms with Gasteiger partial charge in [0.25, 0.3) is 5.56 Å². The minimum Gasteiger partial charge on any atom is -0.381 e. The fourth-order valence-electron chi connectivity index (χ4n) is 3.97. The third-order valence-corrected chi connectivity index (χ3v) is 5.95. The van der Waals surface area contributed by atoms with Gasteiger partial charge in [0, 0.05) is 53.1 Å². The van der Waals surface area contributed by atoms with Crippen molar-refractivity contribution in [1.82, 2.24) is 15.0 Å². The van der Waals surface area contributed by atoms with Gasteiger partial charge >= 0.3 is 0 Å². The zero-order valence-electron chi connectivity index (χ0n) is 16.1. The number of nitrogens with one attached hydrogen (secondary N) is 1. The van der Waals surface area contributed by atoms with E-state index in [4.69, 9.17) is 9.72 Å². The van der Waals surface area contributed by atoms with E-state index in [0.29, 0.717) is 22.4 Å². The first kappa shape index (κ1) is 19.0. The molecule has 6 heteroatoms. The third kappa shape index (κ3) is 3.51. The summed E-state index contributed by atoms with van der Waals surface area (Å²) in [4.78, 5) is 24.7. The van der Waals surface area contributed by atoms with Crippen LogP contribution in [0.5, 0.6) is 0 Å². The van der Waals surface area contributed by atoms with Crippen LogP contribution in [0.2, 0.25) is 0 Å². The molecule has 1 aromatic carbocycles. The van der Waals surface area contributed by atoms with Gasteiger partial charge in [-0.25, -0.2) is 0 Å². The smallest absolute Gasteiger partial charge is 0.258 e. The Kier molecular flexibility index (Phi) is 5.07. The lowest BCUT2D eigenvalue weighted by atomic mass is 9.91. The van der Waals surface area contributed by atoms with Crippen LogP contribution < -0.4 is 5.56 Å². The SMILES string of the molecule is O=c1[nH]cc(C#Cc2ccncc2)c2nc(C3CCOCC3)c3ccc(Br)cc3c12. The van der Waals surface area contributed by atoms with Crippen LogP contribution in [0.4, 0.5) is 0 Å². The number of rotatable bonds is 1. The second-order valence-electron chi connectivity index (χ2n) is 7.31. The Hall–Kier alpha value is -3.01. The van der Waals surface area contributed by atoms with Crippen molar-refractivity contribution in [2.75, 3.05) is 13.2 Å². The maximum absolute atomic E-state index is 12.8. The van der Waals surface area contributed by atoms with E-state index in [-0.39, 0.29) is 5.56 Å². The second-order valence-corrected chi connectivity index (χ2v) is 8.23. The van der Waals surface area contributed by atoms with Gasteiger partial charge in [0.2, 0.25) is 0 Å². The number of nitrogens with zero attached hydrogens (tertiary/aromatic N) is 2. The molecule has 1 N–H and O–H groups in total. The Morgan fingerprint density at radius 1 is 1.07 bits per heavy atom. The average molecular weight is 460 g/mol. The molecule has 5 nitrogen and oxygen atoms in total. The van der Waals surface area contributed by atoms with E-state index in [1.54, 1.807) is 18.6 Å². The van der Waals surface area contributed by atoms with Gasteiger partial charge in [-0.15, -0.1) is 0 Å². The molecule has 1 saturated heterocycles. The van der Waals surface area contributed by atoms with Gasteiger partial charge in [0.15, 0.2) is 0 Å². The van der Waals surface area contributed by atoms with E-state index < -0.39 is 0 Å². The minimum absolute atomic E-state index is 0.159. The lowest BCUT2D eigenvalue weighted by Gasteiger charge is -2.23. The molecule has 0 bridgehead atoms. The summed E-state index contributed by atoms with van der Waals surface area (Å²) in [5.74, 6) is 6.64. The van der Waals surface area contributed by atoms with E-state index in [9.17, 15) is 4.79 Å². The van der Waals surface area contributed by atoms with Gasteiger partial charge < -0.3 is 9.72 Å². The van der Waals surface area contributed by atoms with Crippen LogP contribution in [-0.4, -0.2) is 28.2 Å². The lowest BCUT2D eigenvalue weighted by Crippen LogP contribution is -2.17. The highest BCUT2D eigenvalue weighted by molar-refractivity contribution is 9.10. The maximum Gasteiger partial charge on any atom is 0.258 e. The Balaban J connectivity index is 1.80. The molecule has 0 amide bonds. The molecule has 3 aromatic heterocycles. The molecule has 30 heavy (non-hydrogen) atoms. The fraction of sp³-hybridized carbons (Fsp3) is 0.208. The zero-order valence-corrected chi connectivity index (χ0v) is 17.7. The summed E-state index contributed by atoms with van der Waals surface area (Å²) < 4.78 is 6.48. The van der Waals surface area contributed by atoms with Crippen molar-refractivity contribution in [2.24, 2.45) is 0 Å². The number of benzene rings is 1. The van der Waals surface area contributed by atoms with Crippen molar-refractivity contribution >= 4 is 37.6 Å². The van der Waals surface area contributed by atoms with Crippen molar-refractivity contribution in [3.63, 3.8) is 0 Å². The highest BCUT2D eigenvalue weighted by Gasteiger charge is 2.22. The molecule has 0 saturated carbocycles. The number of ether oxygens (including phenoxy) is 1. The number of halogens is 1. The number of fused-ring (bicyclic) bond motifs is 3. The van der Waals surface area contributed by atoms with Crippen molar-refractivity contribution < 1.29 is 4.74 Å². The number of pyridine rings is 3. The van der Waals surface area contributed by atoms with E-state index in [2.05, 4.69) is 37.7 Å². The van der Waals surface area contributed by atoms with Gasteiger partial charge in [-0.2, -0.15) is 0 Å². The van der Waals surface area contributed by atoms with Gasteiger partial charge in [-0.3, -0.25) is 14.8 Å². The van der Waals surface area contributed by atoms with Crippen LogP contribution in [0.1, 0.15) is 35.6 Å². The minimum atomic E-state index is -0.159. The second kappa shape index (κ2) is 8.02. The summed E-state index contributed by atoms with van der Waals surface area (Å²) in [6, 6.07) is 9.76. The third-order valence-electron chi connectivity index (χ3n) is 5.46. The summed E-state index contributed by atoms with van der Waals surface area (Å²) >= 11 is 3.56. The summed E-state index contributed by atoms with van der Waals surface area (Å²) in [5, 5.41) is 2.48. The van der Waals surface area contributed by atoms with Crippen molar-refractivity contribution in [2.45, 2.75) is 18.8 Å². The average Bonchev–Trinajstić information content (AvgIpc) is 2.79. The summed E-state index contributed by atoms with van der Waals surface area (Å²) in [6.07, 6.45) is 6.92. The van der Waals surface area contributed by atoms with Crippen LogP contribution in [0.3, 0.4) is 0 Å². The van der Waals surface area contributed by atoms with Gasteiger partial charge in [-0.05, 0) is 42.5 Å². The van der Waals surface area contributed by atoms with E-state index in [1.807, 2.05) is 30.3 Å². The molecule has 148 valence electrons. The molecule has 0 atom stereocenters. The van der Waals surface area contributed by atoms with Gasteiger partial charge in [-0.1, -0.05) is 33.8 Å². The maximum atomic E-state index is 12.8. The molecule has 4 heterocycles. The number of hydrogen-bond donors (Lipinski definition) is 1. The molecule has 0 spiro atoms. The topological polar surface area (TPSA) is 67.9 Å². The standard InChI is InChI=1S/C24H18BrN3O2/c25-18-3-4-19-20(13-18)21-23(28-22(19)16-7-11-30-12-8-16)17(14-27-24(21)29)2-1-15-5-9-26-10-6-15/h3-6,9-10,13-14,16H,7-8,11-12H2,(H,27,29). The van der Waals surface area contributed by atoms with E-state index >= 15 is 0 Å². The molecule has 1 fully saturated rings. The number of hydrogen-bond acceptors (Lipinski definition) is 4. The number of aromatic amines is 1. The largest absolute Gasteiger partial charge is 0.381 e. The summed E-state index contributed by atoms with van der Waals surface area (Å²) in [6.45, 7) is 1.46. The molecule has 0 aliphatic carbocycles. The summed E-state index contributed by atoms with van der Waals surface area (Å²) in [5.41, 5.74) is 3.07.